The fourth-order valence-electron chi connectivity index (χ4n) is 1.62. The van der Waals surface area contributed by atoms with Crippen molar-refractivity contribution in [3.8, 4) is 0 Å². The van der Waals surface area contributed by atoms with Crippen LogP contribution in [0.1, 0.15) is 21.8 Å². The number of carbonyl (C=O) groups is 1. The van der Waals surface area contributed by atoms with E-state index < -0.39 is 0 Å². The normalized spacial score (nSPS) is 21.6. The molecule has 0 bridgehead atoms. The summed E-state index contributed by atoms with van der Waals surface area (Å²) in [6.07, 6.45) is 0.906. The lowest BCUT2D eigenvalue weighted by molar-refractivity contribution is 0.0794. The van der Waals surface area contributed by atoms with Crippen LogP contribution in [0, 0.1) is 6.92 Å². The van der Waals surface area contributed by atoms with Crippen molar-refractivity contribution in [2.75, 3.05) is 13.1 Å². The number of thiazole rings is 1. The Morgan fingerprint density at radius 2 is 2.57 bits per heavy atom. The highest BCUT2D eigenvalue weighted by molar-refractivity contribution is 7.11. The number of aromatic nitrogens is 1. The lowest BCUT2D eigenvalue weighted by Gasteiger charge is -2.14. The third kappa shape index (κ3) is 1.65. The van der Waals surface area contributed by atoms with E-state index in [1.807, 2.05) is 11.8 Å². The lowest BCUT2D eigenvalue weighted by atomic mass is 10.3. The predicted molar refractivity (Wildman–Crippen MR) is 55.3 cm³/mol. The van der Waals surface area contributed by atoms with Gasteiger partial charge < -0.3 is 10.6 Å². The number of nitrogens with zero attached hydrogens (tertiary/aromatic N) is 2. The molecule has 4 nitrogen and oxygen atoms in total. The monoisotopic (exact) mass is 211 g/mol. The summed E-state index contributed by atoms with van der Waals surface area (Å²) in [6.45, 7) is 3.31. The van der Waals surface area contributed by atoms with Crippen LogP contribution in [-0.2, 0) is 0 Å². The first kappa shape index (κ1) is 9.61. The van der Waals surface area contributed by atoms with Crippen LogP contribution in [0.25, 0.3) is 0 Å². The summed E-state index contributed by atoms with van der Waals surface area (Å²) in [5.74, 6) is 0.0814. The van der Waals surface area contributed by atoms with Crippen LogP contribution in [-0.4, -0.2) is 34.9 Å². The van der Waals surface area contributed by atoms with Crippen molar-refractivity contribution in [1.29, 1.82) is 0 Å². The van der Waals surface area contributed by atoms with E-state index in [0.717, 1.165) is 23.5 Å². The quantitative estimate of drug-likeness (QED) is 0.741. The van der Waals surface area contributed by atoms with Crippen LogP contribution in [0.15, 0.2) is 5.51 Å². The molecular weight excluding hydrogens is 198 g/mol. The van der Waals surface area contributed by atoms with Crippen LogP contribution in [0.2, 0.25) is 0 Å². The lowest BCUT2D eigenvalue weighted by Crippen LogP contribution is -2.31. The van der Waals surface area contributed by atoms with E-state index >= 15 is 0 Å². The topological polar surface area (TPSA) is 59.2 Å². The zero-order valence-electron chi connectivity index (χ0n) is 8.06. The maximum atomic E-state index is 11.9. The number of amides is 1. The summed E-state index contributed by atoms with van der Waals surface area (Å²) in [7, 11) is 0. The molecule has 1 aromatic rings. The number of likely N-dealkylation sites (tertiary alicyclic amines) is 1. The van der Waals surface area contributed by atoms with Gasteiger partial charge in [-0.2, -0.15) is 0 Å². The zero-order chi connectivity index (χ0) is 10.1. The van der Waals surface area contributed by atoms with Gasteiger partial charge in [-0.15, -0.1) is 11.3 Å². The fourth-order valence-corrected chi connectivity index (χ4v) is 2.39. The number of hydrogen-bond acceptors (Lipinski definition) is 4. The van der Waals surface area contributed by atoms with Gasteiger partial charge in [-0.3, -0.25) is 4.79 Å². The van der Waals surface area contributed by atoms with Gasteiger partial charge in [0.1, 0.15) is 4.88 Å². The van der Waals surface area contributed by atoms with Crippen LogP contribution in [0.5, 0.6) is 0 Å². The Kier molecular flexibility index (Phi) is 2.52. The van der Waals surface area contributed by atoms with Crippen molar-refractivity contribution in [1.82, 2.24) is 9.88 Å². The van der Waals surface area contributed by atoms with Crippen molar-refractivity contribution in [3.05, 3.63) is 16.1 Å². The molecule has 1 aliphatic rings. The first-order valence-electron chi connectivity index (χ1n) is 4.63. The molecule has 5 heteroatoms. The SMILES string of the molecule is Cc1ncsc1C(=O)N1CC[C@@H](N)C1. The highest BCUT2D eigenvalue weighted by atomic mass is 32.1. The molecule has 1 saturated heterocycles. The summed E-state index contributed by atoms with van der Waals surface area (Å²) >= 11 is 1.40. The number of rotatable bonds is 1. The fraction of sp³-hybridized carbons (Fsp3) is 0.556. The Labute approximate surface area is 86.7 Å². The second kappa shape index (κ2) is 3.67. The molecule has 1 amide bonds. The highest BCUT2D eigenvalue weighted by Gasteiger charge is 2.26. The molecule has 2 N–H and O–H groups in total. The molecule has 1 aromatic heterocycles. The van der Waals surface area contributed by atoms with E-state index in [0.29, 0.717) is 6.54 Å². The summed E-state index contributed by atoms with van der Waals surface area (Å²) in [4.78, 5) is 18.5. The van der Waals surface area contributed by atoms with E-state index in [9.17, 15) is 4.79 Å². The van der Waals surface area contributed by atoms with Gasteiger partial charge in [0.2, 0.25) is 0 Å². The number of carbonyl (C=O) groups excluding carboxylic acids is 1. The summed E-state index contributed by atoms with van der Waals surface area (Å²) in [6, 6.07) is 0.146. The Balaban J connectivity index is 2.13. The van der Waals surface area contributed by atoms with Crippen LogP contribution in [0.3, 0.4) is 0 Å². The van der Waals surface area contributed by atoms with Crippen molar-refractivity contribution in [2.24, 2.45) is 5.73 Å². The van der Waals surface area contributed by atoms with E-state index in [4.69, 9.17) is 5.73 Å². The summed E-state index contributed by atoms with van der Waals surface area (Å²) in [5, 5.41) is 0. The number of aryl methyl sites for hydroxylation is 1. The maximum Gasteiger partial charge on any atom is 0.265 e. The molecule has 0 aliphatic carbocycles. The molecule has 1 atom stereocenters. The first-order valence-corrected chi connectivity index (χ1v) is 5.51. The van der Waals surface area contributed by atoms with E-state index in [2.05, 4.69) is 4.98 Å². The van der Waals surface area contributed by atoms with Gasteiger partial charge in [0.15, 0.2) is 0 Å². The molecule has 2 heterocycles. The standard InChI is InChI=1S/C9H13N3OS/c1-6-8(14-5-11-6)9(13)12-3-2-7(10)4-12/h5,7H,2-4,10H2,1H3/t7-/m1/s1. The number of nitrogens with two attached hydrogens (primary N) is 1. The molecule has 1 aliphatic heterocycles. The molecule has 0 unspecified atom stereocenters. The van der Waals surface area contributed by atoms with Gasteiger partial charge in [-0.05, 0) is 13.3 Å². The Bertz CT molecular complexity index is 350. The van der Waals surface area contributed by atoms with E-state index in [-0.39, 0.29) is 11.9 Å². The van der Waals surface area contributed by atoms with Crippen molar-refractivity contribution >= 4 is 17.2 Å². The minimum atomic E-state index is 0.0814. The van der Waals surface area contributed by atoms with Crippen LogP contribution >= 0.6 is 11.3 Å². The van der Waals surface area contributed by atoms with Crippen LogP contribution in [0.4, 0.5) is 0 Å². The Hall–Kier alpha value is -0.940. The zero-order valence-corrected chi connectivity index (χ0v) is 8.88. The molecule has 0 aromatic carbocycles. The molecule has 1 fully saturated rings. The number of hydrogen-bond donors (Lipinski definition) is 1. The van der Waals surface area contributed by atoms with Crippen molar-refractivity contribution in [3.63, 3.8) is 0 Å². The molecule has 0 spiro atoms. The predicted octanol–water partition coefficient (Wildman–Crippen LogP) is 0.625. The molecule has 2 rings (SSSR count). The smallest absolute Gasteiger partial charge is 0.265 e. The minimum absolute atomic E-state index is 0.0814. The first-order chi connectivity index (χ1) is 6.68. The van der Waals surface area contributed by atoms with Crippen molar-refractivity contribution in [2.45, 2.75) is 19.4 Å². The average Bonchev–Trinajstić information content (AvgIpc) is 2.73. The maximum absolute atomic E-state index is 11.9. The largest absolute Gasteiger partial charge is 0.336 e. The summed E-state index contributed by atoms with van der Waals surface area (Å²) in [5.41, 5.74) is 8.28. The van der Waals surface area contributed by atoms with Crippen molar-refractivity contribution < 1.29 is 4.79 Å². The highest BCUT2D eigenvalue weighted by Crippen LogP contribution is 2.18. The second-order valence-electron chi connectivity index (χ2n) is 3.57. The molecule has 14 heavy (non-hydrogen) atoms. The van der Waals surface area contributed by atoms with Gasteiger partial charge >= 0.3 is 0 Å². The molecule has 0 radical (unpaired) electrons. The minimum Gasteiger partial charge on any atom is -0.336 e. The van der Waals surface area contributed by atoms with E-state index in [1.165, 1.54) is 11.3 Å². The van der Waals surface area contributed by atoms with E-state index in [1.54, 1.807) is 5.51 Å². The van der Waals surface area contributed by atoms with Gasteiger partial charge in [0, 0.05) is 19.1 Å². The van der Waals surface area contributed by atoms with Crippen LogP contribution < -0.4 is 5.73 Å². The third-order valence-electron chi connectivity index (χ3n) is 2.45. The molecule has 0 saturated carbocycles. The van der Waals surface area contributed by atoms with Gasteiger partial charge in [-0.25, -0.2) is 4.98 Å². The Morgan fingerprint density at radius 1 is 1.79 bits per heavy atom. The molecular formula is C9H13N3OS. The van der Waals surface area contributed by atoms with Gasteiger partial charge in [0.25, 0.3) is 5.91 Å². The second-order valence-corrected chi connectivity index (χ2v) is 4.42. The third-order valence-corrected chi connectivity index (χ3v) is 3.37. The average molecular weight is 211 g/mol. The molecule has 76 valence electrons. The van der Waals surface area contributed by atoms with Gasteiger partial charge in [-0.1, -0.05) is 0 Å². The summed E-state index contributed by atoms with van der Waals surface area (Å²) < 4.78 is 0. The van der Waals surface area contributed by atoms with Gasteiger partial charge in [0.05, 0.1) is 11.2 Å². The Morgan fingerprint density at radius 3 is 3.07 bits per heavy atom.